The van der Waals surface area contributed by atoms with Crippen LogP contribution in [0.4, 0.5) is 0 Å². The van der Waals surface area contributed by atoms with E-state index in [2.05, 4.69) is 10.2 Å². The topological polar surface area (TPSA) is 113 Å². The van der Waals surface area contributed by atoms with Gasteiger partial charge in [0.15, 0.2) is 0 Å². The van der Waals surface area contributed by atoms with Crippen LogP contribution in [0.15, 0.2) is 18.2 Å². The highest BCUT2D eigenvalue weighted by molar-refractivity contribution is 7.18. The number of amides is 4. The highest BCUT2D eigenvalue weighted by Gasteiger charge is 2.44. The van der Waals surface area contributed by atoms with Crippen LogP contribution in [-0.4, -0.2) is 62.5 Å². The predicted molar refractivity (Wildman–Crippen MR) is 145 cm³/mol. The normalized spacial score (nSPS) is 22.1. The predicted octanol–water partition coefficient (Wildman–Crippen LogP) is 3.27. The van der Waals surface area contributed by atoms with Gasteiger partial charge in [-0.15, -0.1) is 11.3 Å². The van der Waals surface area contributed by atoms with Crippen molar-refractivity contribution in [3.8, 4) is 0 Å². The quantitative estimate of drug-likeness (QED) is 0.503. The zero-order valence-corrected chi connectivity index (χ0v) is 22.6. The number of imide groups is 2. The van der Waals surface area contributed by atoms with E-state index in [0.29, 0.717) is 23.6 Å². The maximum Gasteiger partial charge on any atom is 0.262 e. The van der Waals surface area contributed by atoms with Gasteiger partial charge in [0.25, 0.3) is 11.8 Å². The van der Waals surface area contributed by atoms with E-state index >= 15 is 0 Å². The molecule has 2 saturated heterocycles. The van der Waals surface area contributed by atoms with E-state index in [9.17, 15) is 19.2 Å². The Morgan fingerprint density at radius 3 is 2.56 bits per heavy atom. The van der Waals surface area contributed by atoms with Crippen molar-refractivity contribution < 1.29 is 19.2 Å². The second-order valence-electron chi connectivity index (χ2n) is 11.1. The number of benzene rings is 1. The van der Waals surface area contributed by atoms with Crippen molar-refractivity contribution in [1.82, 2.24) is 25.1 Å². The van der Waals surface area contributed by atoms with Crippen molar-refractivity contribution in [2.75, 3.05) is 13.1 Å². The summed E-state index contributed by atoms with van der Waals surface area (Å²) in [6.45, 7) is 4.53. The average Bonchev–Trinajstić information content (AvgIpc) is 3.57. The van der Waals surface area contributed by atoms with Crippen LogP contribution in [-0.2, 0) is 29.0 Å². The summed E-state index contributed by atoms with van der Waals surface area (Å²) in [5, 5.41) is 3.56. The fourth-order valence-corrected chi connectivity index (χ4v) is 7.98. The van der Waals surface area contributed by atoms with Crippen molar-refractivity contribution in [3.63, 3.8) is 0 Å². The Morgan fingerprint density at radius 2 is 1.77 bits per heavy atom. The zero-order chi connectivity index (χ0) is 26.8. The molecule has 4 aliphatic rings. The van der Waals surface area contributed by atoms with Crippen molar-refractivity contribution in [1.29, 1.82) is 0 Å². The third kappa shape index (κ3) is 4.08. The Morgan fingerprint density at radius 1 is 0.974 bits per heavy atom. The minimum atomic E-state index is -0.945. The van der Waals surface area contributed by atoms with E-state index in [1.807, 2.05) is 24.3 Å². The third-order valence-corrected chi connectivity index (χ3v) is 9.77. The molecule has 7 rings (SSSR count). The molecular weight excluding hydrogens is 514 g/mol. The summed E-state index contributed by atoms with van der Waals surface area (Å²) in [6.07, 6.45) is 5.82. The van der Waals surface area contributed by atoms with E-state index in [4.69, 9.17) is 9.97 Å². The van der Waals surface area contributed by atoms with Crippen molar-refractivity contribution in [2.45, 2.75) is 70.4 Å². The molecule has 1 atom stereocenters. The maximum absolute atomic E-state index is 13.2. The van der Waals surface area contributed by atoms with Gasteiger partial charge >= 0.3 is 0 Å². The number of piperidine rings is 2. The summed E-state index contributed by atoms with van der Waals surface area (Å²) in [6, 6.07) is 4.44. The third-order valence-electron chi connectivity index (χ3n) is 8.59. The fourth-order valence-electron chi connectivity index (χ4n) is 6.67. The second kappa shape index (κ2) is 9.31. The van der Waals surface area contributed by atoms with Crippen molar-refractivity contribution in [2.24, 2.45) is 0 Å². The Kier molecular flexibility index (Phi) is 5.85. The molecule has 39 heavy (non-hydrogen) atoms. The Hall–Kier alpha value is -3.50. The van der Waals surface area contributed by atoms with Gasteiger partial charge in [0.1, 0.15) is 16.7 Å². The summed E-state index contributed by atoms with van der Waals surface area (Å²) in [4.78, 5) is 65.8. The van der Waals surface area contributed by atoms with Gasteiger partial charge in [-0.05, 0) is 81.8 Å². The monoisotopic (exact) mass is 543 g/mol. The molecule has 1 aliphatic carbocycles. The highest BCUT2D eigenvalue weighted by atomic mass is 32.1. The molecule has 2 fully saturated rings. The number of aryl methyl sites for hydroxylation is 3. The molecule has 1 unspecified atom stereocenters. The number of thiophene rings is 1. The minimum absolute atomic E-state index is 0.111. The lowest BCUT2D eigenvalue weighted by atomic mass is 9.90. The van der Waals surface area contributed by atoms with Crippen LogP contribution in [0.2, 0.25) is 0 Å². The number of aromatic nitrogens is 2. The minimum Gasteiger partial charge on any atom is -0.299 e. The smallest absolute Gasteiger partial charge is 0.262 e. The van der Waals surface area contributed by atoms with Crippen LogP contribution in [0.3, 0.4) is 0 Å². The molecular formula is C29H29N5O4S. The molecule has 4 amide bonds. The van der Waals surface area contributed by atoms with Gasteiger partial charge in [-0.25, -0.2) is 9.97 Å². The van der Waals surface area contributed by atoms with E-state index < -0.39 is 23.8 Å². The van der Waals surface area contributed by atoms with Crippen LogP contribution in [0, 0.1) is 6.92 Å². The molecule has 3 aromatic rings. The standard InChI is InChI=1S/C29H29N5O4S/c1-15-30-25(24-19-3-2-4-22(19)39-27(24)31-15)17-9-11-33(12-10-17)14-16-5-6-18-20(13-16)29(38)34(28(18)37)21-7-8-23(35)32-26(21)36/h5-6,13,17,21H,2-4,7-12,14H2,1H3,(H,32,35,36). The first-order valence-corrected chi connectivity index (χ1v) is 14.5. The summed E-state index contributed by atoms with van der Waals surface area (Å²) >= 11 is 1.85. The molecule has 200 valence electrons. The van der Waals surface area contributed by atoms with Gasteiger partial charge in [-0.1, -0.05) is 6.07 Å². The molecule has 0 bridgehead atoms. The molecule has 0 radical (unpaired) electrons. The first kappa shape index (κ1) is 24.5. The Labute approximate surface area is 229 Å². The van der Waals surface area contributed by atoms with Crippen LogP contribution in [0.5, 0.6) is 0 Å². The van der Waals surface area contributed by atoms with Crippen LogP contribution in [0.1, 0.15) is 86.3 Å². The Bertz CT molecular complexity index is 1570. The molecule has 1 N–H and O–H groups in total. The Balaban J connectivity index is 1.05. The zero-order valence-electron chi connectivity index (χ0n) is 21.8. The summed E-state index contributed by atoms with van der Waals surface area (Å²) < 4.78 is 0. The van der Waals surface area contributed by atoms with E-state index in [0.717, 1.165) is 59.9 Å². The maximum atomic E-state index is 13.2. The van der Waals surface area contributed by atoms with Gasteiger partial charge in [0, 0.05) is 29.1 Å². The molecule has 10 heteroatoms. The number of hydrogen-bond donors (Lipinski definition) is 1. The lowest BCUT2D eigenvalue weighted by Crippen LogP contribution is -2.54. The molecule has 3 aliphatic heterocycles. The SMILES string of the molecule is Cc1nc(C2CCN(Cc3ccc4c(c3)C(=O)N(C3CCC(=O)NC3=O)C4=O)CC2)c2c3c(sc2n1)CCC3. The van der Waals surface area contributed by atoms with Gasteiger partial charge in [-0.3, -0.25) is 34.3 Å². The van der Waals surface area contributed by atoms with Gasteiger partial charge in [-0.2, -0.15) is 0 Å². The summed E-state index contributed by atoms with van der Waals surface area (Å²) in [5.41, 5.74) is 4.33. The van der Waals surface area contributed by atoms with Crippen molar-refractivity contribution >= 4 is 45.2 Å². The van der Waals surface area contributed by atoms with Gasteiger partial charge in [0.05, 0.1) is 16.8 Å². The van der Waals surface area contributed by atoms with E-state index in [1.54, 1.807) is 12.1 Å². The number of carbonyl (C=O) groups excluding carboxylic acids is 4. The molecule has 1 aromatic carbocycles. The molecule has 0 spiro atoms. The largest absolute Gasteiger partial charge is 0.299 e. The lowest BCUT2D eigenvalue weighted by Gasteiger charge is -2.32. The van der Waals surface area contributed by atoms with E-state index in [-0.39, 0.29) is 18.7 Å². The number of nitrogens with one attached hydrogen (secondary N) is 1. The number of carbonyl (C=O) groups is 4. The number of hydrogen-bond acceptors (Lipinski definition) is 8. The number of likely N-dealkylation sites (tertiary alicyclic amines) is 1. The fraction of sp³-hybridized carbons (Fsp3) is 0.448. The number of nitrogens with zero attached hydrogens (tertiary/aromatic N) is 4. The van der Waals surface area contributed by atoms with Gasteiger partial charge in [0.2, 0.25) is 11.8 Å². The lowest BCUT2D eigenvalue weighted by molar-refractivity contribution is -0.136. The molecule has 2 aromatic heterocycles. The average molecular weight is 544 g/mol. The summed E-state index contributed by atoms with van der Waals surface area (Å²) in [7, 11) is 0. The van der Waals surface area contributed by atoms with E-state index in [1.165, 1.54) is 27.9 Å². The first-order chi connectivity index (χ1) is 18.9. The molecule has 0 saturated carbocycles. The molecule has 9 nitrogen and oxygen atoms in total. The van der Waals surface area contributed by atoms with Crippen molar-refractivity contribution in [3.05, 3.63) is 56.8 Å². The van der Waals surface area contributed by atoms with Gasteiger partial charge < -0.3 is 0 Å². The number of fused-ring (bicyclic) bond motifs is 4. The highest BCUT2D eigenvalue weighted by Crippen LogP contribution is 2.41. The molecule has 5 heterocycles. The van der Waals surface area contributed by atoms with Crippen LogP contribution in [0.25, 0.3) is 10.2 Å². The second-order valence-corrected chi connectivity index (χ2v) is 12.2. The number of rotatable bonds is 4. The van der Waals surface area contributed by atoms with Crippen LogP contribution < -0.4 is 5.32 Å². The summed E-state index contributed by atoms with van der Waals surface area (Å²) in [5.74, 6) is -0.640. The first-order valence-electron chi connectivity index (χ1n) is 13.7. The van der Waals surface area contributed by atoms with Crippen LogP contribution >= 0.6 is 11.3 Å².